The molecule has 2 rings (SSSR count). The van der Waals surface area contributed by atoms with Crippen molar-refractivity contribution >= 4 is 17.6 Å². The van der Waals surface area contributed by atoms with E-state index in [1.54, 1.807) is 55.6 Å². The topological polar surface area (TPSA) is 64.6 Å². The van der Waals surface area contributed by atoms with Crippen LogP contribution < -0.4 is 14.8 Å². The second-order valence-electron chi connectivity index (χ2n) is 4.28. The fourth-order valence-electron chi connectivity index (χ4n) is 1.80. The summed E-state index contributed by atoms with van der Waals surface area (Å²) in [6.07, 6.45) is 0. The molecule has 0 radical (unpaired) electrons. The maximum atomic E-state index is 12.3. The molecule has 0 unspecified atom stereocenters. The zero-order valence-corrected chi connectivity index (χ0v) is 11.8. The molecule has 0 atom stereocenters. The molecular weight excluding hydrogens is 270 g/mol. The van der Waals surface area contributed by atoms with E-state index in [1.165, 1.54) is 6.92 Å². The molecule has 0 bridgehead atoms. The summed E-state index contributed by atoms with van der Waals surface area (Å²) in [5, 5.41) is 2.74. The van der Waals surface area contributed by atoms with Gasteiger partial charge in [0.25, 0.3) is 5.91 Å². The van der Waals surface area contributed by atoms with E-state index in [1.807, 2.05) is 0 Å². The van der Waals surface area contributed by atoms with E-state index in [0.29, 0.717) is 11.4 Å². The number of nitrogens with one attached hydrogen (secondary N) is 1. The largest absolute Gasteiger partial charge is 0.497 e. The highest BCUT2D eigenvalue weighted by atomic mass is 16.5. The summed E-state index contributed by atoms with van der Waals surface area (Å²) in [7, 11) is 1.55. The van der Waals surface area contributed by atoms with E-state index in [-0.39, 0.29) is 17.2 Å². The normalized spacial score (nSPS) is 9.81. The van der Waals surface area contributed by atoms with Crippen molar-refractivity contribution in [1.29, 1.82) is 0 Å². The van der Waals surface area contributed by atoms with Crippen LogP contribution in [0.4, 0.5) is 5.69 Å². The Morgan fingerprint density at radius 3 is 2.52 bits per heavy atom. The Kier molecular flexibility index (Phi) is 4.56. The summed E-state index contributed by atoms with van der Waals surface area (Å²) in [5.41, 5.74) is 0.882. The number of benzene rings is 2. The molecule has 5 nitrogen and oxygen atoms in total. The Balaban J connectivity index is 2.22. The van der Waals surface area contributed by atoms with Crippen LogP contribution >= 0.6 is 0 Å². The summed E-state index contributed by atoms with van der Waals surface area (Å²) in [4.78, 5) is 23.3. The molecule has 0 saturated heterocycles. The number of ether oxygens (including phenoxy) is 2. The lowest BCUT2D eigenvalue weighted by Gasteiger charge is -2.10. The first-order valence-corrected chi connectivity index (χ1v) is 6.33. The molecule has 0 aromatic heterocycles. The van der Waals surface area contributed by atoms with Gasteiger partial charge in [-0.3, -0.25) is 9.59 Å². The number of amides is 1. The van der Waals surface area contributed by atoms with Crippen LogP contribution in [0.3, 0.4) is 0 Å². The lowest BCUT2D eigenvalue weighted by Crippen LogP contribution is -2.14. The number of methoxy groups -OCH3 is 1. The van der Waals surface area contributed by atoms with Gasteiger partial charge in [-0.15, -0.1) is 0 Å². The van der Waals surface area contributed by atoms with Gasteiger partial charge in [0.2, 0.25) is 0 Å². The Morgan fingerprint density at radius 1 is 1.05 bits per heavy atom. The van der Waals surface area contributed by atoms with Crippen LogP contribution in [-0.2, 0) is 4.79 Å². The predicted octanol–water partition coefficient (Wildman–Crippen LogP) is 2.87. The maximum Gasteiger partial charge on any atom is 0.308 e. The smallest absolute Gasteiger partial charge is 0.308 e. The van der Waals surface area contributed by atoms with Crippen molar-refractivity contribution in [2.75, 3.05) is 12.4 Å². The van der Waals surface area contributed by atoms with Crippen molar-refractivity contribution in [3.05, 3.63) is 54.1 Å². The van der Waals surface area contributed by atoms with Gasteiger partial charge in [-0.2, -0.15) is 0 Å². The van der Waals surface area contributed by atoms with Crippen LogP contribution in [0.2, 0.25) is 0 Å². The summed E-state index contributed by atoms with van der Waals surface area (Å²) in [6, 6.07) is 13.6. The average Bonchev–Trinajstić information content (AvgIpc) is 2.47. The number of rotatable bonds is 4. The molecule has 0 heterocycles. The summed E-state index contributed by atoms with van der Waals surface area (Å²) in [5.74, 6) is 0.0307. The second kappa shape index (κ2) is 6.56. The lowest BCUT2D eigenvalue weighted by atomic mass is 10.2. The standard InChI is InChI=1S/C16H15NO4/c1-11(18)21-15-9-4-3-8-14(15)16(19)17-12-6-5-7-13(10-12)20-2/h3-10H,1-2H3,(H,17,19). The molecule has 1 amide bonds. The van der Waals surface area contributed by atoms with Crippen molar-refractivity contribution in [1.82, 2.24) is 0 Å². The SMILES string of the molecule is COc1cccc(NC(=O)c2ccccc2OC(C)=O)c1. The quantitative estimate of drug-likeness (QED) is 0.693. The third-order valence-electron chi connectivity index (χ3n) is 2.71. The van der Waals surface area contributed by atoms with Gasteiger partial charge < -0.3 is 14.8 Å². The van der Waals surface area contributed by atoms with Crippen LogP contribution in [-0.4, -0.2) is 19.0 Å². The molecule has 21 heavy (non-hydrogen) atoms. The maximum absolute atomic E-state index is 12.3. The number of esters is 1. The first-order valence-electron chi connectivity index (χ1n) is 6.33. The van der Waals surface area contributed by atoms with Crippen molar-refractivity contribution < 1.29 is 19.1 Å². The molecule has 0 spiro atoms. The van der Waals surface area contributed by atoms with Gasteiger partial charge in [0, 0.05) is 18.7 Å². The van der Waals surface area contributed by atoms with Crippen molar-refractivity contribution in [2.24, 2.45) is 0 Å². The van der Waals surface area contributed by atoms with Gasteiger partial charge in [0.15, 0.2) is 0 Å². The van der Waals surface area contributed by atoms with Crippen molar-refractivity contribution in [2.45, 2.75) is 6.92 Å². The van der Waals surface area contributed by atoms with E-state index in [9.17, 15) is 9.59 Å². The van der Waals surface area contributed by atoms with E-state index >= 15 is 0 Å². The molecule has 0 fully saturated rings. The minimum Gasteiger partial charge on any atom is -0.497 e. The van der Waals surface area contributed by atoms with Gasteiger partial charge in [0.05, 0.1) is 12.7 Å². The predicted molar refractivity (Wildman–Crippen MR) is 78.7 cm³/mol. The number of hydrogen-bond acceptors (Lipinski definition) is 4. The molecule has 0 aliphatic carbocycles. The van der Waals surface area contributed by atoms with E-state index < -0.39 is 5.97 Å². The summed E-state index contributed by atoms with van der Waals surface area (Å²) < 4.78 is 10.1. The first-order chi connectivity index (χ1) is 10.1. The molecule has 5 heteroatoms. The molecular formula is C16H15NO4. The molecule has 2 aromatic carbocycles. The highest BCUT2D eigenvalue weighted by Gasteiger charge is 2.13. The minimum absolute atomic E-state index is 0.227. The minimum atomic E-state index is -0.475. The highest BCUT2D eigenvalue weighted by Crippen LogP contribution is 2.21. The van der Waals surface area contributed by atoms with E-state index in [4.69, 9.17) is 9.47 Å². The van der Waals surface area contributed by atoms with Crippen LogP contribution in [0, 0.1) is 0 Å². The zero-order valence-electron chi connectivity index (χ0n) is 11.8. The van der Waals surface area contributed by atoms with Gasteiger partial charge >= 0.3 is 5.97 Å². The van der Waals surface area contributed by atoms with Gasteiger partial charge in [-0.05, 0) is 24.3 Å². The Labute approximate surface area is 122 Å². The molecule has 0 aliphatic rings. The molecule has 2 aromatic rings. The summed E-state index contributed by atoms with van der Waals surface area (Å²) >= 11 is 0. The average molecular weight is 285 g/mol. The van der Waals surface area contributed by atoms with Crippen molar-refractivity contribution in [3.8, 4) is 11.5 Å². The third kappa shape index (κ3) is 3.82. The van der Waals surface area contributed by atoms with Crippen molar-refractivity contribution in [3.63, 3.8) is 0 Å². The molecule has 108 valence electrons. The fourth-order valence-corrected chi connectivity index (χ4v) is 1.80. The fraction of sp³-hybridized carbons (Fsp3) is 0.125. The molecule has 1 N–H and O–H groups in total. The number of anilines is 1. The van der Waals surface area contributed by atoms with Gasteiger partial charge in [-0.25, -0.2) is 0 Å². The zero-order chi connectivity index (χ0) is 15.2. The summed E-state index contributed by atoms with van der Waals surface area (Å²) in [6.45, 7) is 1.29. The van der Waals surface area contributed by atoms with Crippen LogP contribution in [0.15, 0.2) is 48.5 Å². The third-order valence-corrected chi connectivity index (χ3v) is 2.71. The Hall–Kier alpha value is -2.82. The second-order valence-corrected chi connectivity index (χ2v) is 4.28. The number of hydrogen-bond donors (Lipinski definition) is 1. The Bertz CT molecular complexity index is 667. The molecule has 0 saturated carbocycles. The van der Waals surface area contributed by atoms with Crippen LogP contribution in [0.5, 0.6) is 11.5 Å². The van der Waals surface area contributed by atoms with Gasteiger partial charge in [0.1, 0.15) is 11.5 Å². The van der Waals surface area contributed by atoms with Crippen LogP contribution in [0.25, 0.3) is 0 Å². The number of carbonyl (C=O) groups excluding carboxylic acids is 2. The van der Waals surface area contributed by atoms with E-state index in [2.05, 4.69) is 5.32 Å². The highest BCUT2D eigenvalue weighted by molar-refractivity contribution is 6.06. The molecule has 0 aliphatic heterocycles. The van der Waals surface area contributed by atoms with Gasteiger partial charge in [-0.1, -0.05) is 18.2 Å². The lowest BCUT2D eigenvalue weighted by molar-refractivity contribution is -0.131. The first kappa shape index (κ1) is 14.6. The Morgan fingerprint density at radius 2 is 1.81 bits per heavy atom. The number of para-hydroxylation sites is 1. The van der Waals surface area contributed by atoms with Crippen LogP contribution in [0.1, 0.15) is 17.3 Å². The van der Waals surface area contributed by atoms with E-state index in [0.717, 1.165) is 0 Å². The number of carbonyl (C=O) groups is 2. The monoisotopic (exact) mass is 285 g/mol.